The van der Waals surface area contributed by atoms with Crippen LogP contribution >= 0.6 is 0 Å². The molecule has 0 saturated heterocycles. The average Bonchev–Trinajstić information content (AvgIpc) is 2.61. The van der Waals surface area contributed by atoms with Crippen LogP contribution in [0.4, 0.5) is 27.5 Å². The lowest BCUT2D eigenvalue weighted by Gasteiger charge is -2.12. The maximum Gasteiger partial charge on any atom is 0.411 e. The highest BCUT2D eigenvalue weighted by atomic mass is 32.2. The molecule has 0 aliphatic carbocycles. The number of nitrogens with two attached hydrogens (primary N) is 1. The standard InChI is InChI=1S/C18H22N4O6S/c1-3-28-18(23)21-13-10-15(19)17(22(24)25)16(11-13)20-9-8-12-4-6-14(7-5-12)29(2,26)27/h4-7,10-11,20H,3,8-9,19H2,1-2H3,(H,21,23). The first-order valence-corrected chi connectivity index (χ1v) is 10.6. The van der Waals surface area contributed by atoms with Gasteiger partial charge in [0, 0.05) is 18.5 Å². The number of amides is 1. The molecule has 0 heterocycles. The second-order valence-corrected chi connectivity index (χ2v) is 8.17. The number of nitrogen functional groups attached to an aromatic ring is 1. The fraction of sp³-hybridized carbons (Fsp3) is 0.278. The number of carbonyl (C=O) groups is 1. The predicted molar refractivity (Wildman–Crippen MR) is 110 cm³/mol. The van der Waals surface area contributed by atoms with E-state index in [-0.39, 0.29) is 34.3 Å². The van der Waals surface area contributed by atoms with Crippen molar-refractivity contribution >= 4 is 38.7 Å². The van der Waals surface area contributed by atoms with Gasteiger partial charge in [0.15, 0.2) is 9.84 Å². The Kier molecular flexibility index (Phi) is 6.99. The number of nitrogens with zero attached hydrogens (tertiary/aromatic N) is 1. The summed E-state index contributed by atoms with van der Waals surface area (Å²) >= 11 is 0. The molecule has 2 rings (SSSR count). The summed E-state index contributed by atoms with van der Waals surface area (Å²) < 4.78 is 27.8. The molecular formula is C18H22N4O6S. The van der Waals surface area contributed by atoms with Crippen molar-refractivity contribution in [1.29, 1.82) is 0 Å². The van der Waals surface area contributed by atoms with Gasteiger partial charge in [-0.3, -0.25) is 15.4 Å². The van der Waals surface area contributed by atoms with Gasteiger partial charge in [0.1, 0.15) is 11.4 Å². The first-order chi connectivity index (χ1) is 13.6. The lowest BCUT2D eigenvalue weighted by atomic mass is 10.1. The Morgan fingerprint density at radius 3 is 2.45 bits per heavy atom. The van der Waals surface area contributed by atoms with Gasteiger partial charge >= 0.3 is 11.8 Å². The monoisotopic (exact) mass is 422 g/mol. The summed E-state index contributed by atoms with van der Waals surface area (Å²) in [6.07, 6.45) is 0.916. The van der Waals surface area contributed by atoms with Gasteiger partial charge < -0.3 is 15.8 Å². The van der Waals surface area contributed by atoms with Gasteiger partial charge in [-0.15, -0.1) is 0 Å². The Morgan fingerprint density at radius 2 is 1.90 bits per heavy atom. The smallest absolute Gasteiger partial charge is 0.411 e. The molecular weight excluding hydrogens is 400 g/mol. The van der Waals surface area contributed by atoms with Crippen molar-refractivity contribution in [3.63, 3.8) is 0 Å². The molecule has 0 aliphatic heterocycles. The molecule has 0 fully saturated rings. The molecule has 10 nitrogen and oxygen atoms in total. The first-order valence-electron chi connectivity index (χ1n) is 8.66. The molecule has 29 heavy (non-hydrogen) atoms. The molecule has 4 N–H and O–H groups in total. The van der Waals surface area contributed by atoms with Crippen molar-refractivity contribution in [1.82, 2.24) is 0 Å². The van der Waals surface area contributed by atoms with Crippen molar-refractivity contribution in [2.45, 2.75) is 18.2 Å². The minimum atomic E-state index is -3.27. The number of ether oxygens (including phenoxy) is 1. The Labute approximate surface area is 168 Å². The van der Waals surface area contributed by atoms with E-state index >= 15 is 0 Å². The van der Waals surface area contributed by atoms with Crippen LogP contribution in [0.25, 0.3) is 0 Å². The number of nitrogens with one attached hydrogen (secondary N) is 2. The van der Waals surface area contributed by atoms with Crippen LogP contribution in [0.1, 0.15) is 12.5 Å². The number of anilines is 3. The number of hydrogen-bond acceptors (Lipinski definition) is 8. The highest BCUT2D eigenvalue weighted by molar-refractivity contribution is 7.90. The van der Waals surface area contributed by atoms with Gasteiger partial charge in [-0.2, -0.15) is 0 Å². The van der Waals surface area contributed by atoms with Crippen LogP contribution in [0, 0.1) is 10.1 Å². The van der Waals surface area contributed by atoms with E-state index in [9.17, 15) is 23.3 Å². The van der Waals surface area contributed by atoms with Crippen LogP contribution in [0.15, 0.2) is 41.3 Å². The summed E-state index contributed by atoms with van der Waals surface area (Å²) in [5, 5.41) is 16.8. The van der Waals surface area contributed by atoms with Gasteiger partial charge in [0.25, 0.3) is 0 Å². The molecule has 0 unspecified atom stereocenters. The van der Waals surface area contributed by atoms with Crippen LogP contribution in [0.3, 0.4) is 0 Å². The van der Waals surface area contributed by atoms with Crippen molar-refractivity contribution in [3.8, 4) is 0 Å². The zero-order valence-electron chi connectivity index (χ0n) is 16.0. The summed E-state index contributed by atoms with van der Waals surface area (Å²) in [5.74, 6) is 0. The number of carbonyl (C=O) groups excluding carboxylic acids is 1. The van der Waals surface area contributed by atoms with Crippen LogP contribution < -0.4 is 16.4 Å². The van der Waals surface area contributed by atoms with E-state index in [4.69, 9.17) is 10.5 Å². The quantitative estimate of drug-likeness (QED) is 0.333. The molecule has 0 bridgehead atoms. The van der Waals surface area contributed by atoms with E-state index in [1.807, 2.05) is 0 Å². The van der Waals surface area contributed by atoms with Gasteiger partial charge in [-0.1, -0.05) is 12.1 Å². The molecule has 1 amide bonds. The largest absolute Gasteiger partial charge is 0.450 e. The topological polar surface area (TPSA) is 154 Å². The molecule has 0 saturated carbocycles. The van der Waals surface area contributed by atoms with Crippen molar-refractivity contribution in [2.24, 2.45) is 0 Å². The third kappa shape index (κ3) is 6.07. The summed E-state index contributed by atoms with van der Waals surface area (Å²) in [4.78, 5) is 22.6. The number of benzene rings is 2. The summed E-state index contributed by atoms with van der Waals surface area (Å²) in [6, 6.07) is 9.06. The molecule has 0 aliphatic rings. The van der Waals surface area contributed by atoms with Gasteiger partial charge in [-0.25, -0.2) is 13.2 Å². The van der Waals surface area contributed by atoms with Crippen LogP contribution in [-0.4, -0.2) is 38.8 Å². The number of nitro benzene ring substituents is 1. The van der Waals surface area contributed by atoms with E-state index < -0.39 is 20.9 Å². The van der Waals surface area contributed by atoms with E-state index in [1.54, 1.807) is 19.1 Å². The van der Waals surface area contributed by atoms with E-state index in [0.29, 0.717) is 13.0 Å². The third-order valence-electron chi connectivity index (χ3n) is 3.92. The van der Waals surface area contributed by atoms with Crippen molar-refractivity contribution < 1.29 is 22.9 Å². The van der Waals surface area contributed by atoms with E-state index in [1.165, 1.54) is 24.3 Å². The predicted octanol–water partition coefficient (Wildman–Crippen LogP) is 2.80. The second-order valence-electron chi connectivity index (χ2n) is 6.16. The zero-order chi connectivity index (χ0) is 21.6. The molecule has 0 spiro atoms. The third-order valence-corrected chi connectivity index (χ3v) is 5.05. The Morgan fingerprint density at radius 1 is 1.24 bits per heavy atom. The Balaban J connectivity index is 2.14. The molecule has 2 aromatic rings. The van der Waals surface area contributed by atoms with E-state index in [0.717, 1.165) is 11.8 Å². The van der Waals surface area contributed by atoms with Crippen molar-refractivity contribution in [3.05, 3.63) is 52.1 Å². The molecule has 0 aromatic heterocycles. The highest BCUT2D eigenvalue weighted by Gasteiger charge is 2.20. The molecule has 156 valence electrons. The summed E-state index contributed by atoms with van der Waals surface area (Å²) in [7, 11) is -3.27. The Bertz CT molecular complexity index is 1010. The highest BCUT2D eigenvalue weighted by Crippen LogP contribution is 2.34. The second kappa shape index (κ2) is 9.24. The fourth-order valence-corrected chi connectivity index (χ4v) is 3.23. The van der Waals surface area contributed by atoms with Crippen LogP contribution in [-0.2, 0) is 21.0 Å². The van der Waals surface area contributed by atoms with Gasteiger partial charge in [0.2, 0.25) is 0 Å². The number of nitro groups is 1. The van der Waals surface area contributed by atoms with Crippen molar-refractivity contribution in [2.75, 3.05) is 35.8 Å². The van der Waals surface area contributed by atoms with Gasteiger partial charge in [-0.05, 0) is 43.2 Å². The fourth-order valence-electron chi connectivity index (χ4n) is 2.60. The zero-order valence-corrected chi connectivity index (χ0v) is 16.8. The minimum Gasteiger partial charge on any atom is -0.450 e. The molecule has 0 atom stereocenters. The summed E-state index contributed by atoms with van der Waals surface area (Å²) in [5.41, 5.74) is 6.63. The first kappa shape index (κ1) is 22.0. The Hall–Kier alpha value is -3.34. The lowest BCUT2D eigenvalue weighted by molar-refractivity contribution is -0.383. The normalized spacial score (nSPS) is 11.0. The molecule has 2 aromatic carbocycles. The van der Waals surface area contributed by atoms with Crippen LogP contribution in [0.2, 0.25) is 0 Å². The SMILES string of the molecule is CCOC(=O)Nc1cc(N)c([N+](=O)[O-])c(NCCc2ccc(S(C)(=O)=O)cc2)c1. The molecule has 11 heteroatoms. The number of sulfone groups is 1. The minimum absolute atomic E-state index is 0.107. The summed E-state index contributed by atoms with van der Waals surface area (Å²) in [6.45, 7) is 2.15. The van der Waals surface area contributed by atoms with Gasteiger partial charge in [0.05, 0.1) is 16.4 Å². The van der Waals surface area contributed by atoms with E-state index in [2.05, 4.69) is 10.6 Å². The maximum absolute atomic E-state index is 11.6. The number of hydrogen-bond donors (Lipinski definition) is 3. The maximum atomic E-state index is 11.6. The molecule has 0 radical (unpaired) electrons. The number of rotatable bonds is 8. The van der Waals surface area contributed by atoms with Crippen LogP contribution in [0.5, 0.6) is 0 Å². The lowest BCUT2D eigenvalue weighted by Crippen LogP contribution is -2.14. The average molecular weight is 422 g/mol.